The molecule has 1 N–H and O–H groups in total. The van der Waals surface area contributed by atoms with Crippen molar-refractivity contribution in [1.29, 1.82) is 0 Å². The average molecular weight is 377 g/mol. The molecule has 4 heteroatoms. The van der Waals surface area contributed by atoms with Crippen LogP contribution in [0.1, 0.15) is 23.6 Å². The summed E-state index contributed by atoms with van der Waals surface area (Å²) in [5, 5.41) is 3.41. The van der Waals surface area contributed by atoms with Crippen molar-refractivity contribution in [3.05, 3.63) is 83.4 Å². The van der Waals surface area contributed by atoms with Crippen LogP contribution in [-0.4, -0.2) is 13.7 Å². The van der Waals surface area contributed by atoms with Crippen LogP contribution >= 0.6 is 0 Å². The van der Waals surface area contributed by atoms with Gasteiger partial charge in [-0.25, -0.2) is 0 Å². The van der Waals surface area contributed by atoms with Crippen molar-refractivity contribution in [1.82, 2.24) is 0 Å². The molecule has 4 nitrogen and oxygen atoms in total. The lowest BCUT2D eigenvalue weighted by Crippen LogP contribution is -2.03. The molecule has 0 saturated carbocycles. The maximum atomic E-state index is 6.01. The predicted molar refractivity (Wildman–Crippen MR) is 113 cm³/mol. The van der Waals surface area contributed by atoms with Crippen molar-refractivity contribution in [2.75, 3.05) is 19.0 Å². The SMILES string of the molecule is CCOc1cc(CNc2ccc(OC)cc2)ccc1OCc1cccc(C)c1. The second-order valence-corrected chi connectivity index (χ2v) is 6.57. The Labute approximate surface area is 167 Å². The van der Waals surface area contributed by atoms with E-state index in [0.29, 0.717) is 19.8 Å². The van der Waals surface area contributed by atoms with Gasteiger partial charge in [-0.2, -0.15) is 0 Å². The smallest absolute Gasteiger partial charge is 0.161 e. The van der Waals surface area contributed by atoms with Crippen molar-refractivity contribution in [3.63, 3.8) is 0 Å². The summed E-state index contributed by atoms with van der Waals surface area (Å²) in [6.45, 7) is 5.87. The molecule has 0 bridgehead atoms. The number of methoxy groups -OCH3 is 1. The first kappa shape index (κ1) is 19.6. The number of ether oxygens (including phenoxy) is 3. The van der Waals surface area contributed by atoms with E-state index >= 15 is 0 Å². The van der Waals surface area contributed by atoms with Gasteiger partial charge in [-0.3, -0.25) is 0 Å². The van der Waals surface area contributed by atoms with Crippen LogP contribution in [0.25, 0.3) is 0 Å². The van der Waals surface area contributed by atoms with E-state index in [0.717, 1.165) is 34.1 Å². The molecule has 0 heterocycles. The summed E-state index contributed by atoms with van der Waals surface area (Å²) in [5.41, 5.74) is 4.54. The highest BCUT2D eigenvalue weighted by Crippen LogP contribution is 2.30. The Morgan fingerprint density at radius 2 is 1.64 bits per heavy atom. The molecule has 28 heavy (non-hydrogen) atoms. The number of rotatable bonds is 9. The van der Waals surface area contributed by atoms with Crippen LogP contribution < -0.4 is 19.5 Å². The molecule has 0 aliphatic heterocycles. The maximum Gasteiger partial charge on any atom is 0.161 e. The fourth-order valence-electron chi connectivity index (χ4n) is 2.93. The fourth-order valence-corrected chi connectivity index (χ4v) is 2.93. The van der Waals surface area contributed by atoms with Gasteiger partial charge in [0.15, 0.2) is 11.5 Å². The molecular formula is C24H27NO3. The topological polar surface area (TPSA) is 39.7 Å². The van der Waals surface area contributed by atoms with Gasteiger partial charge in [0, 0.05) is 12.2 Å². The molecule has 146 valence electrons. The monoisotopic (exact) mass is 377 g/mol. The van der Waals surface area contributed by atoms with Crippen LogP contribution in [0.5, 0.6) is 17.2 Å². The largest absolute Gasteiger partial charge is 0.497 e. The molecule has 0 unspecified atom stereocenters. The summed E-state index contributed by atoms with van der Waals surface area (Å²) in [6.07, 6.45) is 0. The summed E-state index contributed by atoms with van der Waals surface area (Å²) >= 11 is 0. The molecule has 0 fully saturated rings. The third-order valence-corrected chi connectivity index (χ3v) is 4.37. The van der Waals surface area contributed by atoms with Gasteiger partial charge >= 0.3 is 0 Å². The Morgan fingerprint density at radius 1 is 0.821 bits per heavy atom. The molecule has 0 amide bonds. The van der Waals surface area contributed by atoms with E-state index in [1.165, 1.54) is 5.56 Å². The van der Waals surface area contributed by atoms with Gasteiger partial charge in [-0.1, -0.05) is 35.9 Å². The number of aryl methyl sites for hydroxylation is 1. The Morgan fingerprint density at radius 3 is 2.36 bits per heavy atom. The van der Waals surface area contributed by atoms with E-state index in [-0.39, 0.29) is 0 Å². The average Bonchev–Trinajstić information content (AvgIpc) is 2.72. The van der Waals surface area contributed by atoms with E-state index < -0.39 is 0 Å². The second kappa shape index (κ2) is 9.70. The normalized spacial score (nSPS) is 10.4. The van der Waals surface area contributed by atoms with Crippen molar-refractivity contribution in [2.45, 2.75) is 27.0 Å². The van der Waals surface area contributed by atoms with Crippen LogP contribution in [0.4, 0.5) is 5.69 Å². The zero-order chi connectivity index (χ0) is 19.8. The molecule has 0 aromatic heterocycles. The molecule has 0 saturated heterocycles. The number of nitrogens with one attached hydrogen (secondary N) is 1. The lowest BCUT2D eigenvalue weighted by molar-refractivity contribution is 0.269. The third kappa shape index (κ3) is 5.43. The van der Waals surface area contributed by atoms with Crippen LogP contribution in [0, 0.1) is 6.92 Å². The van der Waals surface area contributed by atoms with E-state index in [9.17, 15) is 0 Å². The molecule has 3 aromatic rings. The highest BCUT2D eigenvalue weighted by atomic mass is 16.5. The highest BCUT2D eigenvalue weighted by molar-refractivity contribution is 5.48. The standard InChI is InChI=1S/C24H27NO3/c1-4-27-24-15-19(16-25-21-9-11-22(26-3)12-10-21)8-13-23(24)28-17-20-7-5-6-18(2)14-20/h5-15,25H,4,16-17H2,1-3H3. The first-order valence-electron chi connectivity index (χ1n) is 9.50. The minimum absolute atomic E-state index is 0.519. The van der Waals surface area contributed by atoms with Crippen LogP contribution in [0.15, 0.2) is 66.7 Å². The molecule has 0 radical (unpaired) electrons. The van der Waals surface area contributed by atoms with Crippen LogP contribution in [0.2, 0.25) is 0 Å². The number of benzene rings is 3. The molecule has 0 spiro atoms. The summed E-state index contributed by atoms with van der Waals surface area (Å²) in [6, 6.07) is 22.3. The molecule has 0 atom stereocenters. The first-order chi connectivity index (χ1) is 13.7. The predicted octanol–water partition coefficient (Wildman–Crippen LogP) is 5.59. The fraction of sp³-hybridized carbons (Fsp3) is 0.250. The van der Waals surface area contributed by atoms with Gasteiger partial charge in [-0.05, 0) is 61.4 Å². The molecule has 3 aromatic carbocycles. The highest BCUT2D eigenvalue weighted by Gasteiger charge is 2.07. The summed E-state index contributed by atoms with van der Waals surface area (Å²) in [7, 11) is 1.67. The number of anilines is 1. The molecule has 0 aliphatic rings. The minimum Gasteiger partial charge on any atom is -0.497 e. The molecular weight excluding hydrogens is 350 g/mol. The quantitative estimate of drug-likeness (QED) is 0.527. The minimum atomic E-state index is 0.519. The lowest BCUT2D eigenvalue weighted by atomic mass is 10.1. The van der Waals surface area contributed by atoms with Gasteiger partial charge in [-0.15, -0.1) is 0 Å². The van der Waals surface area contributed by atoms with Crippen molar-refractivity contribution in [2.24, 2.45) is 0 Å². The Kier molecular flexibility index (Phi) is 6.79. The Hall–Kier alpha value is -3.14. The lowest BCUT2D eigenvalue weighted by Gasteiger charge is -2.14. The van der Waals surface area contributed by atoms with Gasteiger partial charge < -0.3 is 19.5 Å². The number of hydrogen-bond acceptors (Lipinski definition) is 4. The van der Waals surface area contributed by atoms with E-state index in [1.807, 2.05) is 49.4 Å². The summed E-state index contributed by atoms with van der Waals surface area (Å²) in [4.78, 5) is 0. The second-order valence-electron chi connectivity index (χ2n) is 6.57. The summed E-state index contributed by atoms with van der Waals surface area (Å²) < 4.78 is 17.0. The van der Waals surface area contributed by atoms with Gasteiger partial charge in [0.1, 0.15) is 12.4 Å². The van der Waals surface area contributed by atoms with Gasteiger partial charge in [0.2, 0.25) is 0 Å². The first-order valence-corrected chi connectivity index (χ1v) is 9.50. The van der Waals surface area contributed by atoms with E-state index in [4.69, 9.17) is 14.2 Å². The van der Waals surface area contributed by atoms with Gasteiger partial charge in [0.25, 0.3) is 0 Å². The van der Waals surface area contributed by atoms with Crippen molar-refractivity contribution in [3.8, 4) is 17.2 Å². The van der Waals surface area contributed by atoms with E-state index in [2.05, 4.69) is 36.5 Å². The van der Waals surface area contributed by atoms with Crippen molar-refractivity contribution >= 4 is 5.69 Å². The Bertz CT molecular complexity index is 891. The summed E-state index contributed by atoms with van der Waals surface area (Å²) in [5.74, 6) is 2.38. The van der Waals surface area contributed by atoms with Crippen molar-refractivity contribution < 1.29 is 14.2 Å². The maximum absolute atomic E-state index is 6.01. The zero-order valence-electron chi connectivity index (χ0n) is 16.7. The zero-order valence-corrected chi connectivity index (χ0v) is 16.7. The Balaban J connectivity index is 1.65. The van der Waals surface area contributed by atoms with Crippen LogP contribution in [0.3, 0.4) is 0 Å². The van der Waals surface area contributed by atoms with Gasteiger partial charge in [0.05, 0.1) is 13.7 Å². The number of hydrogen-bond donors (Lipinski definition) is 1. The van der Waals surface area contributed by atoms with E-state index in [1.54, 1.807) is 7.11 Å². The molecule has 0 aliphatic carbocycles. The third-order valence-electron chi connectivity index (χ3n) is 4.37. The van der Waals surface area contributed by atoms with Crippen LogP contribution in [-0.2, 0) is 13.2 Å². The molecule has 3 rings (SSSR count).